The van der Waals surface area contributed by atoms with Crippen LogP contribution in [0.2, 0.25) is 0 Å². The fourth-order valence-corrected chi connectivity index (χ4v) is 2.82. The summed E-state index contributed by atoms with van der Waals surface area (Å²) in [6, 6.07) is 23.2. The number of hydrogen-bond acceptors (Lipinski definition) is 3. The Bertz CT molecular complexity index is 935. The lowest BCUT2D eigenvalue weighted by Gasteiger charge is -2.31. The fraction of sp³-hybridized carbons (Fsp3) is 0.0455. The Kier molecular flexibility index (Phi) is 3.94. The van der Waals surface area contributed by atoms with Crippen LogP contribution in [-0.4, -0.2) is 12.8 Å². The third-order valence-corrected chi connectivity index (χ3v) is 4.05. The van der Waals surface area contributed by atoms with Gasteiger partial charge in [-0.15, -0.1) is 0 Å². The summed E-state index contributed by atoms with van der Waals surface area (Å²) in [7, 11) is 0. The van der Waals surface area contributed by atoms with Gasteiger partial charge >= 0.3 is 0 Å². The number of nitrogens with zero attached hydrogens (tertiary/aromatic N) is 1. The Hall–Kier alpha value is -3.51. The molecule has 3 aromatic carbocycles. The molecule has 25 heavy (non-hydrogen) atoms. The molecule has 1 aliphatic heterocycles. The minimum absolute atomic E-state index is 0.548. The second-order valence-corrected chi connectivity index (χ2v) is 5.67. The van der Waals surface area contributed by atoms with Crippen molar-refractivity contribution in [3.05, 3.63) is 83.9 Å². The average Bonchev–Trinajstić information content (AvgIpc) is 2.68. The molecule has 0 N–H and O–H groups in total. The smallest absolute Gasteiger partial charge is 0.151 e. The van der Waals surface area contributed by atoms with Crippen molar-refractivity contribution in [2.24, 2.45) is 0 Å². The van der Waals surface area contributed by atoms with Crippen LogP contribution in [0.25, 0.3) is 0 Å². The Labute approximate surface area is 146 Å². The van der Waals surface area contributed by atoms with Crippen LogP contribution in [0.15, 0.2) is 72.8 Å². The van der Waals surface area contributed by atoms with Gasteiger partial charge in [-0.05, 0) is 36.4 Å². The molecular weight excluding hydrogens is 310 g/mol. The highest BCUT2D eigenvalue weighted by molar-refractivity contribution is 5.78. The van der Waals surface area contributed by atoms with Crippen LogP contribution in [-0.2, 0) is 0 Å². The molecule has 0 fully saturated rings. The van der Waals surface area contributed by atoms with E-state index in [0.717, 1.165) is 34.7 Å². The summed E-state index contributed by atoms with van der Waals surface area (Å²) in [5, 5.41) is 0. The lowest BCUT2D eigenvalue weighted by Crippen LogP contribution is -2.21. The Morgan fingerprint density at radius 1 is 0.840 bits per heavy atom. The fourth-order valence-electron chi connectivity index (χ4n) is 2.82. The van der Waals surface area contributed by atoms with Gasteiger partial charge in [0.05, 0.1) is 17.9 Å². The third kappa shape index (κ3) is 2.98. The van der Waals surface area contributed by atoms with Gasteiger partial charge < -0.3 is 9.64 Å². The van der Waals surface area contributed by atoms with Gasteiger partial charge in [0.25, 0.3) is 0 Å². The summed E-state index contributed by atoms with van der Waals surface area (Å²) < 4.78 is 5.97. The minimum Gasteiger partial charge on any atom is -0.453 e. The molecular formula is C22H15NO2. The summed E-state index contributed by atoms with van der Waals surface area (Å²) in [5.41, 5.74) is 3.56. The molecule has 4 rings (SSSR count). The topological polar surface area (TPSA) is 29.5 Å². The minimum atomic E-state index is 0.548. The SMILES string of the molecule is O=Cc1ccc(C#CCN2c3ccccc3Oc3ccccc32)cc1. The van der Waals surface area contributed by atoms with Crippen LogP contribution in [0.4, 0.5) is 11.4 Å². The van der Waals surface area contributed by atoms with Crippen molar-refractivity contribution in [3.8, 4) is 23.3 Å². The van der Waals surface area contributed by atoms with Crippen molar-refractivity contribution in [2.75, 3.05) is 11.4 Å². The number of ether oxygens (including phenoxy) is 1. The monoisotopic (exact) mass is 325 g/mol. The summed E-state index contributed by atoms with van der Waals surface area (Å²) in [6.07, 6.45) is 0.832. The van der Waals surface area contributed by atoms with Crippen LogP contribution >= 0.6 is 0 Å². The van der Waals surface area contributed by atoms with E-state index in [1.807, 2.05) is 60.7 Å². The zero-order valence-electron chi connectivity index (χ0n) is 13.5. The van der Waals surface area contributed by atoms with Gasteiger partial charge in [0, 0.05) is 11.1 Å². The van der Waals surface area contributed by atoms with Crippen molar-refractivity contribution in [1.82, 2.24) is 0 Å². The van der Waals surface area contributed by atoms with Crippen LogP contribution in [0.5, 0.6) is 11.5 Å². The van der Waals surface area contributed by atoms with Gasteiger partial charge in [-0.3, -0.25) is 4.79 Å². The third-order valence-electron chi connectivity index (χ3n) is 4.05. The molecule has 1 aliphatic rings. The molecule has 0 saturated carbocycles. The Morgan fingerprint density at radius 3 is 2.04 bits per heavy atom. The molecule has 3 aromatic rings. The number of para-hydroxylation sites is 4. The first-order chi connectivity index (χ1) is 12.3. The maximum atomic E-state index is 10.7. The molecule has 0 unspecified atom stereocenters. The van der Waals surface area contributed by atoms with Crippen LogP contribution in [0, 0.1) is 11.8 Å². The van der Waals surface area contributed by atoms with E-state index in [1.165, 1.54) is 0 Å². The molecule has 0 aromatic heterocycles. The second kappa shape index (κ2) is 6.54. The molecule has 0 spiro atoms. The molecule has 0 bridgehead atoms. The van der Waals surface area contributed by atoms with E-state index in [-0.39, 0.29) is 0 Å². The number of carbonyl (C=O) groups is 1. The van der Waals surface area contributed by atoms with E-state index in [9.17, 15) is 4.79 Å². The van der Waals surface area contributed by atoms with E-state index in [1.54, 1.807) is 12.1 Å². The zero-order valence-corrected chi connectivity index (χ0v) is 13.5. The van der Waals surface area contributed by atoms with E-state index < -0.39 is 0 Å². The highest BCUT2D eigenvalue weighted by atomic mass is 16.5. The first kappa shape index (κ1) is 15.0. The summed E-state index contributed by atoms with van der Waals surface area (Å²) in [5.74, 6) is 8.04. The molecule has 120 valence electrons. The molecule has 1 heterocycles. The quantitative estimate of drug-likeness (QED) is 0.501. The van der Waals surface area contributed by atoms with Crippen LogP contribution in [0.3, 0.4) is 0 Å². The number of benzene rings is 3. The van der Waals surface area contributed by atoms with Crippen molar-refractivity contribution in [1.29, 1.82) is 0 Å². The Morgan fingerprint density at radius 2 is 1.44 bits per heavy atom. The number of rotatable bonds is 2. The highest BCUT2D eigenvalue weighted by Gasteiger charge is 2.22. The number of aldehydes is 1. The van der Waals surface area contributed by atoms with E-state index in [2.05, 4.69) is 16.7 Å². The lowest BCUT2D eigenvalue weighted by molar-refractivity contribution is 0.112. The van der Waals surface area contributed by atoms with E-state index in [4.69, 9.17) is 4.74 Å². The molecule has 3 nitrogen and oxygen atoms in total. The van der Waals surface area contributed by atoms with Gasteiger partial charge in [0.1, 0.15) is 6.29 Å². The summed E-state index contributed by atoms with van der Waals surface area (Å²) in [6.45, 7) is 0.548. The standard InChI is InChI=1S/C22H15NO2/c24-16-18-13-11-17(12-14-18)6-5-15-23-19-7-1-3-9-21(19)25-22-10-4-2-8-20(22)23/h1-4,7-14,16H,15H2. The van der Waals surface area contributed by atoms with Crippen LogP contribution in [0.1, 0.15) is 15.9 Å². The van der Waals surface area contributed by atoms with E-state index in [0.29, 0.717) is 12.1 Å². The molecule has 0 saturated heterocycles. The average molecular weight is 325 g/mol. The summed E-state index contributed by atoms with van der Waals surface area (Å²) in [4.78, 5) is 12.9. The molecule has 0 amide bonds. The van der Waals surface area contributed by atoms with Crippen molar-refractivity contribution < 1.29 is 9.53 Å². The van der Waals surface area contributed by atoms with Gasteiger partial charge in [-0.25, -0.2) is 0 Å². The van der Waals surface area contributed by atoms with Crippen LogP contribution < -0.4 is 9.64 Å². The lowest BCUT2D eigenvalue weighted by atomic mass is 10.1. The largest absolute Gasteiger partial charge is 0.453 e. The predicted octanol–water partition coefficient (Wildman–Crippen LogP) is 4.79. The highest BCUT2D eigenvalue weighted by Crippen LogP contribution is 2.45. The summed E-state index contributed by atoms with van der Waals surface area (Å²) >= 11 is 0. The van der Waals surface area contributed by atoms with Gasteiger partial charge in [0.15, 0.2) is 11.5 Å². The molecule has 0 radical (unpaired) electrons. The number of hydrogen-bond donors (Lipinski definition) is 0. The number of carbonyl (C=O) groups excluding carboxylic acids is 1. The first-order valence-corrected chi connectivity index (χ1v) is 8.03. The Balaban J connectivity index is 1.64. The van der Waals surface area contributed by atoms with Gasteiger partial charge in [-0.1, -0.05) is 48.2 Å². The predicted molar refractivity (Wildman–Crippen MR) is 98.7 cm³/mol. The van der Waals surface area contributed by atoms with Crippen molar-refractivity contribution in [3.63, 3.8) is 0 Å². The molecule has 0 aliphatic carbocycles. The second-order valence-electron chi connectivity index (χ2n) is 5.67. The maximum Gasteiger partial charge on any atom is 0.151 e. The maximum absolute atomic E-state index is 10.7. The van der Waals surface area contributed by atoms with Gasteiger partial charge in [-0.2, -0.15) is 0 Å². The molecule has 0 atom stereocenters. The van der Waals surface area contributed by atoms with Gasteiger partial charge in [0.2, 0.25) is 0 Å². The van der Waals surface area contributed by atoms with E-state index >= 15 is 0 Å². The van der Waals surface area contributed by atoms with Crippen molar-refractivity contribution in [2.45, 2.75) is 0 Å². The number of anilines is 2. The zero-order chi connectivity index (χ0) is 17.1. The van der Waals surface area contributed by atoms with Crippen molar-refractivity contribution >= 4 is 17.7 Å². The number of fused-ring (bicyclic) bond motifs is 2. The first-order valence-electron chi connectivity index (χ1n) is 8.03. The molecule has 3 heteroatoms. The normalized spacial score (nSPS) is 11.4.